The highest BCUT2D eigenvalue weighted by Gasteiger charge is 2.25. The van der Waals surface area contributed by atoms with Gasteiger partial charge in [-0.15, -0.1) is 0 Å². The molecular weight excluding hydrogens is 250 g/mol. The van der Waals surface area contributed by atoms with Gasteiger partial charge in [0.1, 0.15) is 12.4 Å². The molecule has 1 saturated carbocycles. The lowest BCUT2D eigenvalue weighted by Gasteiger charge is -2.10. The summed E-state index contributed by atoms with van der Waals surface area (Å²) in [4.78, 5) is 11.0. The molecule has 102 valence electrons. The van der Waals surface area contributed by atoms with Gasteiger partial charge in [0.15, 0.2) is 0 Å². The molecule has 0 aliphatic heterocycles. The van der Waals surface area contributed by atoms with E-state index in [1.807, 2.05) is 6.07 Å². The lowest BCUT2D eigenvalue weighted by atomic mass is 10.0. The van der Waals surface area contributed by atoms with Crippen molar-refractivity contribution in [2.24, 2.45) is 5.73 Å². The molecule has 2 N–H and O–H groups in total. The summed E-state index contributed by atoms with van der Waals surface area (Å²) in [5.74, 6) is 1.04. The number of hydrogen-bond acceptors (Lipinski definition) is 2. The largest absolute Gasteiger partial charge is 0.489 e. The van der Waals surface area contributed by atoms with E-state index < -0.39 is 5.91 Å². The fraction of sp³-hybridized carbons (Fsp3) is 0.235. The topological polar surface area (TPSA) is 52.3 Å². The van der Waals surface area contributed by atoms with Crippen molar-refractivity contribution in [1.82, 2.24) is 0 Å². The van der Waals surface area contributed by atoms with Crippen LogP contribution < -0.4 is 10.5 Å². The zero-order valence-corrected chi connectivity index (χ0v) is 11.2. The third-order valence-corrected chi connectivity index (χ3v) is 3.61. The highest BCUT2D eigenvalue weighted by atomic mass is 16.5. The Morgan fingerprint density at radius 2 is 1.80 bits per heavy atom. The molecule has 20 heavy (non-hydrogen) atoms. The fourth-order valence-corrected chi connectivity index (χ4v) is 2.33. The van der Waals surface area contributed by atoms with E-state index in [0.717, 1.165) is 5.75 Å². The maximum atomic E-state index is 11.0. The van der Waals surface area contributed by atoms with Gasteiger partial charge in [0.25, 0.3) is 0 Å². The molecule has 0 unspecified atom stereocenters. The van der Waals surface area contributed by atoms with Crippen LogP contribution in [0.25, 0.3) is 0 Å². The average molecular weight is 267 g/mol. The number of ether oxygens (including phenoxy) is 1. The van der Waals surface area contributed by atoms with Crippen LogP contribution in [0.2, 0.25) is 0 Å². The quantitative estimate of drug-likeness (QED) is 0.904. The number of hydrogen-bond donors (Lipinski definition) is 1. The molecule has 3 rings (SSSR count). The summed E-state index contributed by atoms with van der Waals surface area (Å²) in [6.07, 6.45) is 2.56. The maximum absolute atomic E-state index is 11.0. The highest BCUT2D eigenvalue weighted by molar-refractivity contribution is 5.92. The van der Waals surface area contributed by atoms with Gasteiger partial charge in [-0.2, -0.15) is 0 Å². The number of carbonyl (C=O) groups is 1. The first-order valence-electron chi connectivity index (χ1n) is 6.84. The van der Waals surface area contributed by atoms with E-state index in [1.165, 1.54) is 24.0 Å². The molecule has 0 spiro atoms. The van der Waals surface area contributed by atoms with Crippen LogP contribution in [-0.4, -0.2) is 5.91 Å². The first-order valence-corrected chi connectivity index (χ1v) is 6.84. The van der Waals surface area contributed by atoms with E-state index in [9.17, 15) is 4.79 Å². The molecule has 1 fully saturated rings. The van der Waals surface area contributed by atoms with Gasteiger partial charge >= 0.3 is 0 Å². The maximum Gasteiger partial charge on any atom is 0.248 e. The normalized spacial score (nSPS) is 14.0. The number of amides is 1. The summed E-state index contributed by atoms with van der Waals surface area (Å²) in [5, 5.41) is 0. The number of carbonyl (C=O) groups excluding carboxylic acids is 1. The van der Waals surface area contributed by atoms with E-state index in [4.69, 9.17) is 10.5 Å². The lowest BCUT2D eigenvalue weighted by molar-refractivity contribution is 0.100. The number of nitrogens with two attached hydrogens (primary N) is 1. The number of rotatable bonds is 5. The van der Waals surface area contributed by atoms with E-state index >= 15 is 0 Å². The Labute approximate surface area is 118 Å². The molecule has 2 aromatic rings. The third-order valence-electron chi connectivity index (χ3n) is 3.61. The minimum atomic E-state index is -0.421. The molecule has 0 atom stereocenters. The van der Waals surface area contributed by atoms with Gasteiger partial charge in [0.05, 0.1) is 0 Å². The Hall–Kier alpha value is -2.29. The predicted molar refractivity (Wildman–Crippen MR) is 77.7 cm³/mol. The summed E-state index contributed by atoms with van der Waals surface area (Å²) < 4.78 is 5.79. The molecule has 0 bridgehead atoms. The van der Waals surface area contributed by atoms with Crippen LogP contribution in [0.1, 0.15) is 40.2 Å². The molecule has 0 radical (unpaired) electrons. The molecule has 1 aliphatic carbocycles. The van der Waals surface area contributed by atoms with Crippen molar-refractivity contribution in [2.45, 2.75) is 25.4 Å². The molecule has 1 amide bonds. The molecule has 0 aromatic heterocycles. The molecule has 0 saturated heterocycles. The van der Waals surface area contributed by atoms with Gasteiger partial charge in [-0.1, -0.05) is 24.3 Å². The van der Waals surface area contributed by atoms with Gasteiger partial charge in [0, 0.05) is 5.56 Å². The fourth-order valence-electron chi connectivity index (χ4n) is 2.33. The second kappa shape index (κ2) is 5.37. The highest BCUT2D eigenvalue weighted by Crippen LogP contribution is 2.41. The van der Waals surface area contributed by atoms with Crippen molar-refractivity contribution >= 4 is 5.91 Å². The van der Waals surface area contributed by atoms with Gasteiger partial charge in [-0.3, -0.25) is 4.79 Å². The third kappa shape index (κ3) is 2.82. The van der Waals surface area contributed by atoms with Crippen molar-refractivity contribution in [3.05, 3.63) is 65.2 Å². The summed E-state index contributed by atoms with van der Waals surface area (Å²) >= 11 is 0. The Kier molecular flexibility index (Phi) is 3.42. The van der Waals surface area contributed by atoms with E-state index in [0.29, 0.717) is 18.1 Å². The minimum Gasteiger partial charge on any atom is -0.489 e. The first-order chi connectivity index (χ1) is 9.74. The van der Waals surface area contributed by atoms with Crippen LogP contribution in [0.5, 0.6) is 5.75 Å². The Bertz CT molecular complexity index is 615. The number of benzene rings is 2. The summed E-state index contributed by atoms with van der Waals surface area (Å²) in [6.45, 7) is 0.558. The molecule has 3 heteroatoms. The predicted octanol–water partition coefficient (Wildman–Crippen LogP) is 3.24. The van der Waals surface area contributed by atoms with E-state index in [1.54, 1.807) is 24.3 Å². The summed E-state index contributed by atoms with van der Waals surface area (Å²) in [7, 11) is 0. The first kappa shape index (κ1) is 12.7. The van der Waals surface area contributed by atoms with Gasteiger partial charge in [0.2, 0.25) is 5.91 Å². The zero-order chi connectivity index (χ0) is 13.9. The van der Waals surface area contributed by atoms with E-state index in [-0.39, 0.29) is 0 Å². The van der Waals surface area contributed by atoms with Crippen molar-refractivity contribution in [3.8, 4) is 5.75 Å². The smallest absolute Gasteiger partial charge is 0.248 e. The Balaban J connectivity index is 1.68. The van der Waals surface area contributed by atoms with Crippen LogP contribution in [0.3, 0.4) is 0 Å². The van der Waals surface area contributed by atoms with E-state index in [2.05, 4.69) is 18.2 Å². The van der Waals surface area contributed by atoms with Crippen molar-refractivity contribution in [1.29, 1.82) is 0 Å². The standard InChI is InChI=1S/C17H17NO2/c18-17(19)13-7-9-15(10-8-13)20-11-14-3-1-2-4-16(14)12-5-6-12/h1-4,7-10,12H,5-6,11H2,(H2,18,19). The SMILES string of the molecule is NC(=O)c1ccc(OCc2ccccc2C2CC2)cc1. The molecule has 2 aromatic carbocycles. The van der Waals surface area contributed by atoms with Crippen LogP contribution in [0, 0.1) is 0 Å². The minimum absolute atomic E-state index is 0.421. The lowest BCUT2D eigenvalue weighted by Crippen LogP contribution is -2.10. The molecule has 3 nitrogen and oxygen atoms in total. The summed E-state index contributed by atoms with van der Waals surface area (Å²) in [5.41, 5.74) is 8.35. The van der Waals surface area contributed by atoms with Gasteiger partial charge in [-0.25, -0.2) is 0 Å². The van der Waals surface area contributed by atoms with Crippen LogP contribution in [-0.2, 0) is 6.61 Å². The van der Waals surface area contributed by atoms with Crippen molar-refractivity contribution in [2.75, 3.05) is 0 Å². The summed E-state index contributed by atoms with van der Waals surface area (Å²) in [6, 6.07) is 15.4. The van der Waals surface area contributed by atoms with Crippen LogP contribution in [0.15, 0.2) is 48.5 Å². The monoisotopic (exact) mass is 267 g/mol. The zero-order valence-electron chi connectivity index (χ0n) is 11.2. The Morgan fingerprint density at radius 3 is 2.45 bits per heavy atom. The molecular formula is C17H17NO2. The molecule has 1 aliphatic rings. The van der Waals surface area contributed by atoms with Gasteiger partial charge in [-0.05, 0) is 54.2 Å². The number of primary amides is 1. The van der Waals surface area contributed by atoms with Crippen LogP contribution >= 0.6 is 0 Å². The van der Waals surface area contributed by atoms with Crippen molar-refractivity contribution < 1.29 is 9.53 Å². The van der Waals surface area contributed by atoms with Gasteiger partial charge < -0.3 is 10.5 Å². The average Bonchev–Trinajstić information content (AvgIpc) is 3.30. The van der Waals surface area contributed by atoms with Crippen molar-refractivity contribution in [3.63, 3.8) is 0 Å². The second-order valence-electron chi connectivity index (χ2n) is 5.15. The Morgan fingerprint density at radius 1 is 1.10 bits per heavy atom. The molecule has 0 heterocycles. The van der Waals surface area contributed by atoms with Crippen LogP contribution in [0.4, 0.5) is 0 Å². The second-order valence-corrected chi connectivity index (χ2v) is 5.15.